The van der Waals surface area contributed by atoms with Crippen molar-refractivity contribution in [3.8, 4) is 11.5 Å². The highest BCUT2D eigenvalue weighted by atomic mass is 35.5. The molecule has 0 saturated heterocycles. The van der Waals surface area contributed by atoms with Crippen molar-refractivity contribution in [3.05, 3.63) is 22.7 Å². The SMILES string of the molecule is CCOc1c(Cl)cc(CNCCCN(CC)CC)cc1OC.Cl.Cl. The molecule has 0 aromatic heterocycles. The number of nitrogens with one attached hydrogen (secondary N) is 1. The third kappa shape index (κ3) is 8.63. The molecule has 0 heterocycles. The van der Waals surface area contributed by atoms with Crippen molar-refractivity contribution >= 4 is 36.4 Å². The maximum atomic E-state index is 6.27. The molecule has 1 aromatic rings. The van der Waals surface area contributed by atoms with Crippen LogP contribution >= 0.6 is 36.4 Å². The summed E-state index contributed by atoms with van der Waals surface area (Å²) < 4.78 is 10.9. The van der Waals surface area contributed by atoms with E-state index in [0.717, 1.165) is 44.7 Å². The Labute approximate surface area is 164 Å². The lowest BCUT2D eigenvalue weighted by atomic mass is 10.2. The summed E-state index contributed by atoms with van der Waals surface area (Å²) in [6.07, 6.45) is 1.14. The van der Waals surface area contributed by atoms with E-state index < -0.39 is 0 Å². The zero-order valence-electron chi connectivity index (χ0n) is 15.1. The Morgan fingerprint density at radius 1 is 1.12 bits per heavy atom. The summed E-state index contributed by atoms with van der Waals surface area (Å²) in [4.78, 5) is 2.43. The number of rotatable bonds is 11. The minimum atomic E-state index is 0. The quantitative estimate of drug-likeness (QED) is 0.557. The summed E-state index contributed by atoms with van der Waals surface area (Å²) in [5.74, 6) is 1.31. The van der Waals surface area contributed by atoms with E-state index in [0.29, 0.717) is 23.1 Å². The van der Waals surface area contributed by atoms with Gasteiger partial charge in [-0.2, -0.15) is 0 Å². The first kappa shape index (κ1) is 25.8. The van der Waals surface area contributed by atoms with Crippen LogP contribution in [0, 0.1) is 0 Å². The van der Waals surface area contributed by atoms with Crippen molar-refractivity contribution in [2.75, 3.05) is 39.9 Å². The summed E-state index contributed by atoms with van der Waals surface area (Å²) in [6.45, 7) is 12.0. The summed E-state index contributed by atoms with van der Waals surface area (Å²) in [5.41, 5.74) is 1.10. The minimum absolute atomic E-state index is 0. The Morgan fingerprint density at radius 2 is 1.79 bits per heavy atom. The standard InChI is InChI=1S/C17H29ClN2O2.2ClH/c1-5-20(6-2)10-8-9-19-13-14-11-15(18)17(22-7-3)16(12-14)21-4;;/h11-12,19H,5-10,13H2,1-4H3;2*1H. The third-order valence-corrected chi connectivity index (χ3v) is 3.91. The van der Waals surface area contributed by atoms with Gasteiger partial charge in [-0.3, -0.25) is 0 Å². The predicted molar refractivity (Wildman–Crippen MR) is 108 cm³/mol. The van der Waals surface area contributed by atoms with Gasteiger partial charge in [-0.1, -0.05) is 25.4 Å². The van der Waals surface area contributed by atoms with Crippen molar-refractivity contribution in [1.82, 2.24) is 10.2 Å². The lowest BCUT2D eigenvalue weighted by Gasteiger charge is -2.18. The number of nitrogens with zero attached hydrogens (tertiary/aromatic N) is 1. The van der Waals surface area contributed by atoms with Gasteiger partial charge >= 0.3 is 0 Å². The molecule has 1 aromatic carbocycles. The molecule has 0 unspecified atom stereocenters. The molecule has 0 atom stereocenters. The third-order valence-electron chi connectivity index (χ3n) is 3.63. The van der Waals surface area contributed by atoms with Crippen LogP contribution in [0.4, 0.5) is 0 Å². The maximum Gasteiger partial charge on any atom is 0.179 e. The molecular weight excluding hydrogens is 371 g/mol. The zero-order chi connectivity index (χ0) is 16.4. The van der Waals surface area contributed by atoms with Gasteiger partial charge in [0.2, 0.25) is 0 Å². The molecule has 0 aliphatic carbocycles. The average molecular weight is 402 g/mol. The van der Waals surface area contributed by atoms with Gasteiger partial charge in [0.1, 0.15) is 0 Å². The van der Waals surface area contributed by atoms with Gasteiger partial charge < -0.3 is 19.7 Å². The summed E-state index contributed by atoms with van der Waals surface area (Å²) in [5, 5.41) is 4.05. The highest BCUT2D eigenvalue weighted by Gasteiger charge is 2.11. The summed E-state index contributed by atoms with van der Waals surface area (Å²) in [7, 11) is 1.63. The van der Waals surface area contributed by atoms with Crippen LogP contribution in [-0.4, -0.2) is 44.8 Å². The first-order valence-electron chi connectivity index (χ1n) is 8.08. The van der Waals surface area contributed by atoms with Crippen LogP contribution in [0.15, 0.2) is 12.1 Å². The van der Waals surface area contributed by atoms with Crippen molar-refractivity contribution in [1.29, 1.82) is 0 Å². The van der Waals surface area contributed by atoms with E-state index >= 15 is 0 Å². The molecule has 1 rings (SSSR count). The van der Waals surface area contributed by atoms with Crippen molar-refractivity contribution in [3.63, 3.8) is 0 Å². The van der Waals surface area contributed by atoms with E-state index in [9.17, 15) is 0 Å². The Bertz CT molecular complexity index is 444. The fraction of sp³-hybridized carbons (Fsp3) is 0.647. The molecule has 142 valence electrons. The molecule has 0 fully saturated rings. The van der Waals surface area contributed by atoms with E-state index in [1.54, 1.807) is 7.11 Å². The second kappa shape index (κ2) is 14.9. The van der Waals surface area contributed by atoms with Gasteiger partial charge in [-0.05, 0) is 57.2 Å². The highest BCUT2D eigenvalue weighted by Crippen LogP contribution is 2.36. The molecule has 0 aliphatic heterocycles. The van der Waals surface area contributed by atoms with Crippen LogP contribution in [0.2, 0.25) is 5.02 Å². The van der Waals surface area contributed by atoms with E-state index in [1.807, 2.05) is 19.1 Å². The van der Waals surface area contributed by atoms with Crippen LogP contribution in [0.3, 0.4) is 0 Å². The Morgan fingerprint density at radius 3 is 2.33 bits per heavy atom. The fourth-order valence-electron chi connectivity index (χ4n) is 2.36. The van der Waals surface area contributed by atoms with Gasteiger partial charge in [0.05, 0.1) is 18.7 Å². The maximum absolute atomic E-state index is 6.27. The number of hydrogen-bond acceptors (Lipinski definition) is 4. The molecule has 0 radical (unpaired) electrons. The van der Waals surface area contributed by atoms with E-state index in [1.165, 1.54) is 0 Å². The monoisotopic (exact) mass is 400 g/mol. The average Bonchev–Trinajstić information content (AvgIpc) is 2.53. The molecular formula is C17H31Cl3N2O2. The Kier molecular flexibility index (Phi) is 16.1. The first-order chi connectivity index (χ1) is 10.7. The summed E-state index contributed by atoms with van der Waals surface area (Å²) >= 11 is 6.27. The van der Waals surface area contributed by atoms with E-state index in [4.69, 9.17) is 21.1 Å². The fourth-order valence-corrected chi connectivity index (χ4v) is 2.65. The lowest BCUT2D eigenvalue weighted by Crippen LogP contribution is -2.27. The molecule has 0 saturated carbocycles. The molecule has 0 amide bonds. The van der Waals surface area contributed by atoms with Crippen LogP contribution in [0.1, 0.15) is 32.8 Å². The lowest BCUT2D eigenvalue weighted by molar-refractivity contribution is 0.298. The normalized spacial score (nSPS) is 10.1. The zero-order valence-corrected chi connectivity index (χ0v) is 17.5. The van der Waals surface area contributed by atoms with Crippen molar-refractivity contribution < 1.29 is 9.47 Å². The van der Waals surface area contributed by atoms with Crippen LogP contribution in [0.5, 0.6) is 11.5 Å². The van der Waals surface area contributed by atoms with Crippen LogP contribution < -0.4 is 14.8 Å². The van der Waals surface area contributed by atoms with Gasteiger partial charge in [-0.25, -0.2) is 0 Å². The number of ether oxygens (including phenoxy) is 2. The molecule has 4 nitrogen and oxygen atoms in total. The van der Waals surface area contributed by atoms with Crippen molar-refractivity contribution in [2.24, 2.45) is 0 Å². The number of hydrogen-bond donors (Lipinski definition) is 1. The van der Waals surface area contributed by atoms with E-state index in [-0.39, 0.29) is 24.8 Å². The summed E-state index contributed by atoms with van der Waals surface area (Å²) in [6, 6.07) is 3.92. The molecule has 24 heavy (non-hydrogen) atoms. The van der Waals surface area contributed by atoms with Gasteiger partial charge in [0.25, 0.3) is 0 Å². The number of halogens is 3. The molecule has 1 N–H and O–H groups in total. The Hall–Kier alpha value is -0.390. The van der Waals surface area contributed by atoms with Gasteiger partial charge in [0.15, 0.2) is 11.5 Å². The molecule has 0 bridgehead atoms. The Balaban J connectivity index is 0. The number of methoxy groups -OCH3 is 1. The van der Waals surface area contributed by atoms with Crippen molar-refractivity contribution in [2.45, 2.75) is 33.7 Å². The topological polar surface area (TPSA) is 33.7 Å². The largest absolute Gasteiger partial charge is 0.493 e. The van der Waals surface area contributed by atoms with Gasteiger partial charge in [-0.15, -0.1) is 24.8 Å². The highest BCUT2D eigenvalue weighted by molar-refractivity contribution is 6.32. The second-order valence-electron chi connectivity index (χ2n) is 5.10. The minimum Gasteiger partial charge on any atom is -0.493 e. The molecule has 7 heteroatoms. The number of benzene rings is 1. The molecule has 0 spiro atoms. The van der Waals surface area contributed by atoms with Gasteiger partial charge in [0, 0.05) is 6.54 Å². The van der Waals surface area contributed by atoms with E-state index in [2.05, 4.69) is 24.1 Å². The molecule has 0 aliphatic rings. The first-order valence-corrected chi connectivity index (χ1v) is 8.46. The van der Waals surface area contributed by atoms with Crippen LogP contribution in [-0.2, 0) is 6.54 Å². The second-order valence-corrected chi connectivity index (χ2v) is 5.51. The smallest absolute Gasteiger partial charge is 0.179 e. The predicted octanol–water partition coefficient (Wildman–Crippen LogP) is 4.41. The van der Waals surface area contributed by atoms with Crippen LogP contribution in [0.25, 0.3) is 0 Å².